The molecule has 2 aromatic heterocycles. The van der Waals surface area contributed by atoms with Crippen molar-refractivity contribution in [2.75, 3.05) is 6.54 Å². The van der Waals surface area contributed by atoms with Crippen LogP contribution in [0.25, 0.3) is 10.6 Å². The van der Waals surface area contributed by atoms with Crippen LogP contribution in [0.3, 0.4) is 0 Å². The van der Waals surface area contributed by atoms with Gasteiger partial charge in [0, 0.05) is 23.0 Å². The molecule has 2 rings (SSSR count). The normalized spacial score (nSPS) is 10.6. The SMILES string of the molecule is CCC(N)(CC)CNC(=O)Cc1csc(-c2ccoc2)n1.Cl.Cl. The van der Waals surface area contributed by atoms with Gasteiger partial charge in [-0.05, 0) is 18.9 Å². The molecule has 23 heavy (non-hydrogen) atoms. The summed E-state index contributed by atoms with van der Waals surface area (Å²) in [4.78, 5) is 16.4. The van der Waals surface area contributed by atoms with Crippen LogP contribution < -0.4 is 11.1 Å². The predicted octanol–water partition coefficient (Wildman–Crippen LogP) is 3.42. The van der Waals surface area contributed by atoms with E-state index in [0.717, 1.165) is 29.1 Å². The van der Waals surface area contributed by atoms with Crippen LogP contribution in [-0.2, 0) is 11.2 Å². The Morgan fingerprint density at radius 3 is 2.65 bits per heavy atom. The Bertz CT molecular complexity index is 583. The highest BCUT2D eigenvalue weighted by atomic mass is 35.5. The van der Waals surface area contributed by atoms with Crippen LogP contribution in [0.2, 0.25) is 0 Å². The molecule has 130 valence electrons. The fourth-order valence-corrected chi connectivity index (χ4v) is 2.71. The minimum Gasteiger partial charge on any atom is -0.472 e. The zero-order chi connectivity index (χ0) is 15.3. The molecule has 0 saturated heterocycles. The molecule has 0 bridgehead atoms. The molecule has 3 N–H and O–H groups in total. The third kappa shape index (κ3) is 6.14. The fourth-order valence-electron chi connectivity index (χ4n) is 1.91. The highest BCUT2D eigenvalue weighted by Gasteiger charge is 2.21. The van der Waals surface area contributed by atoms with Crippen molar-refractivity contribution >= 4 is 42.1 Å². The third-order valence-electron chi connectivity index (χ3n) is 3.71. The third-order valence-corrected chi connectivity index (χ3v) is 4.65. The number of carbonyl (C=O) groups is 1. The standard InChI is InChI=1S/C15H21N3O2S.2ClH/c1-3-15(16,4-2)10-17-13(19)7-12-9-21-14(18-12)11-5-6-20-8-11;;/h5-6,8-9H,3-4,7,10,16H2,1-2H3,(H,17,19);2*1H. The summed E-state index contributed by atoms with van der Waals surface area (Å²) in [5.74, 6) is -0.0456. The second-order valence-electron chi connectivity index (χ2n) is 5.18. The number of thiazole rings is 1. The molecule has 0 aliphatic carbocycles. The summed E-state index contributed by atoms with van der Waals surface area (Å²) in [6, 6.07) is 1.86. The zero-order valence-corrected chi connectivity index (χ0v) is 15.7. The van der Waals surface area contributed by atoms with E-state index in [1.165, 1.54) is 11.3 Å². The largest absolute Gasteiger partial charge is 0.472 e. The van der Waals surface area contributed by atoms with Crippen LogP contribution >= 0.6 is 36.2 Å². The number of hydrogen-bond acceptors (Lipinski definition) is 5. The predicted molar refractivity (Wildman–Crippen MR) is 98.5 cm³/mol. The monoisotopic (exact) mass is 379 g/mol. The van der Waals surface area contributed by atoms with Gasteiger partial charge in [-0.2, -0.15) is 0 Å². The average Bonchev–Trinajstić information content (AvgIpc) is 3.15. The van der Waals surface area contributed by atoms with E-state index >= 15 is 0 Å². The van der Waals surface area contributed by atoms with Crippen molar-refractivity contribution in [3.05, 3.63) is 29.7 Å². The molecule has 0 aromatic carbocycles. The van der Waals surface area contributed by atoms with Gasteiger partial charge in [0.05, 0.1) is 18.4 Å². The number of nitrogens with one attached hydrogen (secondary N) is 1. The molecule has 5 nitrogen and oxygen atoms in total. The first-order chi connectivity index (χ1) is 10.1. The minimum absolute atomic E-state index is 0. The van der Waals surface area contributed by atoms with Crippen LogP contribution in [-0.4, -0.2) is 23.0 Å². The maximum atomic E-state index is 12.0. The molecule has 2 aromatic rings. The summed E-state index contributed by atoms with van der Waals surface area (Å²) in [5.41, 5.74) is 7.55. The van der Waals surface area contributed by atoms with Gasteiger partial charge >= 0.3 is 0 Å². The van der Waals surface area contributed by atoms with Crippen LogP contribution in [0, 0.1) is 0 Å². The highest BCUT2D eigenvalue weighted by Crippen LogP contribution is 2.24. The van der Waals surface area contributed by atoms with Crippen LogP contribution in [0.1, 0.15) is 32.4 Å². The van der Waals surface area contributed by atoms with Gasteiger partial charge in [-0.1, -0.05) is 13.8 Å². The number of rotatable bonds is 7. The summed E-state index contributed by atoms with van der Waals surface area (Å²) >= 11 is 1.51. The molecule has 0 saturated carbocycles. The Labute approximate surface area is 152 Å². The molecular weight excluding hydrogens is 357 g/mol. The Morgan fingerprint density at radius 2 is 2.09 bits per heavy atom. The van der Waals surface area contributed by atoms with E-state index in [2.05, 4.69) is 10.3 Å². The van der Waals surface area contributed by atoms with Gasteiger partial charge in [0.15, 0.2) is 0 Å². The summed E-state index contributed by atoms with van der Waals surface area (Å²) in [7, 11) is 0. The lowest BCUT2D eigenvalue weighted by atomic mass is 9.94. The minimum atomic E-state index is -0.320. The van der Waals surface area contributed by atoms with Crippen LogP contribution in [0.5, 0.6) is 0 Å². The number of halogens is 2. The quantitative estimate of drug-likeness (QED) is 0.771. The number of nitrogens with zero attached hydrogens (tertiary/aromatic N) is 1. The number of aromatic nitrogens is 1. The lowest BCUT2D eigenvalue weighted by Gasteiger charge is -2.26. The zero-order valence-electron chi connectivity index (χ0n) is 13.2. The van der Waals surface area contributed by atoms with Crippen molar-refractivity contribution in [2.45, 2.75) is 38.6 Å². The number of nitrogens with two attached hydrogens (primary N) is 1. The fraction of sp³-hybridized carbons (Fsp3) is 0.467. The summed E-state index contributed by atoms with van der Waals surface area (Å²) in [5, 5.41) is 5.66. The lowest BCUT2D eigenvalue weighted by molar-refractivity contribution is -0.120. The molecule has 0 aliphatic heterocycles. The molecule has 8 heteroatoms. The van der Waals surface area contributed by atoms with E-state index in [1.807, 2.05) is 25.3 Å². The van der Waals surface area contributed by atoms with Crippen molar-refractivity contribution in [1.29, 1.82) is 0 Å². The molecule has 0 fully saturated rings. The van der Waals surface area contributed by atoms with Gasteiger partial charge in [0.1, 0.15) is 11.3 Å². The summed E-state index contributed by atoms with van der Waals surface area (Å²) in [6.45, 7) is 4.57. The van der Waals surface area contributed by atoms with Crippen molar-refractivity contribution in [1.82, 2.24) is 10.3 Å². The molecule has 2 heterocycles. The van der Waals surface area contributed by atoms with Gasteiger partial charge in [0.25, 0.3) is 0 Å². The molecule has 0 radical (unpaired) electrons. The van der Waals surface area contributed by atoms with Crippen molar-refractivity contribution in [3.63, 3.8) is 0 Å². The Hall–Kier alpha value is -1.08. The molecule has 1 amide bonds. The lowest BCUT2D eigenvalue weighted by Crippen LogP contribution is -2.49. The van der Waals surface area contributed by atoms with Crippen LogP contribution in [0.15, 0.2) is 28.4 Å². The van der Waals surface area contributed by atoms with Gasteiger partial charge < -0.3 is 15.5 Å². The van der Waals surface area contributed by atoms with E-state index in [4.69, 9.17) is 10.2 Å². The first-order valence-corrected chi connectivity index (χ1v) is 7.97. The van der Waals surface area contributed by atoms with E-state index in [1.54, 1.807) is 12.5 Å². The summed E-state index contributed by atoms with van der Waals surface area (Å²) in [6.07, 6.45) is 5.21. The van der Waals surface area contributed by atoms with Crippen LogP contribution in [0.4, 0.5) is 0 Å². The van der Waals surface area contributed by atoms with Gasteiger partial charge in [0.2, 0.25) is 5.91 Å². The molecule has 0 spiro atoms. The van der Waals surface area contributed by atoms with Crippen molar-refractivity contribution in [3.8, 4) is 10.6 Å². The Kier molecular flexibility index (Phi) is 9.46. The molecule has 0 unspecified atom stereocenters. The molecular formula is C15H23Cl2N3O2S. The Balaban J connectivity index is 0.00000242. The molecule has 0 aliphatic rings. The number of carbonyl (C=O) groups excluding carboxylic acids is 1. The van der Waals surface area contributed by atoms with Gasteiger partial charge in [-0.3, -0.25) is 4.79 Å². The number of amides is 1. The number of furan rings is 1. The van der Waals surface area contributed by atoms with E-state index < -0.39 is 0 Å². The Morgan fingerprint density at radius 1 is 1.39 bits per heavy atom. The van der Waals surface area contributed by atoms with E-state index in [-0.39, 0.29) is 42.7 Å². The summed E-state index contributed by atoms with van der Waals surface area (Å²) < 4.78 is 5.03. The second kappa shape index (κ2) is 9.93. The maximum absolute atomic E-state index is 12.0. The van der Waals surface area contributed by atoms with Gasteiger partial charge in [-0.15, -0.1) is 36.2 Å². The van der Waals surface area contributed by atoms with Crippen molar-refractivity contribution < 1.29 is 9.21 Å². The highest BCUT2D eigenvalue weighted by molar-refractivity contribution is 7.13. The average molecular weight is 380 g/mol. The van der Waals surface area contributed by atoms with E-state index in [9.17, 15) is 4.79 Å². The molecule has 0 atom stereocenters. The second-order valence-corrected chi connectivity index (χ2v) is 6.04. The van der Waals surface area contributed by atoms with E-state index in [0.29, 0.717) is 6.54 Å². The van der Waals surface area contributed by atoms with Crippen molar-refractivity contribution in [2.24, 2.45) is 5.73 Å². The van der Waals surface area contributed by atoms with Gasteiger partial charge in [-0.25, -0.2) is 4.98 Å². The first kappa shape index (κ1) is 21.9. The first-order valence-electron chi connectivity index (χ1n) is 7.09. The number of hydrogen-bond donors (Lipinski definition) is 2. The smallest absolute Gasteiger partial charge is 0.226 e. The maximum Gasteiger partial charge on any atom is 0.226 e. The topological polar surface area (TPSA) is 81.1 Å².